The SMILES string of the molecule is CCC(CC)C(CNC(=O)[C@@H](N)CC(C)C)N1CCCC1.Cl.Cl. The average molecular weight is 370 g/mol. The van der Waals surface area contributed by atoms with E-state index in [-0.39, 0.29) is 36.8 Å². The molecule has 1 aliphatic heterocycles. The minimum atomic E-state index is -0.370. The second-order valence-corrected chi connectivity index (χ2v) is 6.87. The van der Waals surface area contributed by atoms with E-state index < -0.39 is 0 Å². The Morgan fingerprint density at radius 1 is 1.13 bits per heavy atom. The van der Waals surface area contributed by atoms with Gasteiger partial charge in [0.05, 0.1) is 6.04 Å². The zero-order valence-corrected chi connectivity index (χ0v) is 16.8. The third-order valence-electron chi connectivity index (χ3n) is 4.75. The van der Waals surface area contributed by atoms with Crippen molar-refractivity contribution in [2.75, 3.05) is 19.6 Å². The fraction of sp³-hybridized carbons (Fsp3) is 0.941. The fourth-order valence-corrected chi connectivity index (χ4v) is 3.45. The zero-order chi connectivity index (χ0) is 15.8. The molecule has 4 nitrogen and oxygen atoms in total. The lowest BCUT2D eigenvalue weighted by atomic mass is 9.92. The molecule has 1 fully saturated rings. The zero-order valence-electron chi connectivity index (χ0n) is 15.2. The highest BCUT2D eigenvalue weighted by molar-refractivity contribution is 5.85. The van der Waals surface area contributed by atoms with Gasteiger partial charge in [-0.25, -0.2) is 0 Å². The molecule has 6 heteroatoms. The van der Waals surface area contributed by atoms with Crippen LogP contribution in [-0.2, 0) is 4.79 Å². The van der Waals surface area contributed by atoms with E-state index in [1.807, 2.05) is 0 Å². The Morgan fingerprint density at radius 3 is 2.09 bits per heavy atom. The van der Waals surface area contributed by atoms with Crippen molar-refractivity contribution in [2.24, 2.45) is 17.6 Å². The van der Waals surface area contributed by atoms with Crippen molar-refractivity contribution in [2.45, 2.75) is 71.9 Å². The van der Waals surface area contributed by atoms with Crippen LogP contribution in [0.4, 0.5) is 0 Å². The Morgan fingerprint density at radius 2 is 1.65 bits per heavy atom. The maximum Gasteiger partial charge on any atom is 0.236 e. The molecule has 1 saturated heterocycles. The van der Waals surface area contributed by atoms with Gasteiger partial charge in [-0.1, -0.05) is 40.5 Å². The van der Waals surface area contributed by atoms with Crippen LogP contribution in [0, 0.1) is 11.8 Å². The molecule has 2 atom stereocenters. The quantitative estimate of drug-likeness (QED) is 0.655. The van der Waals surface area contributed by atoms with Crippen molar-refractivity contribution in [1.29, 1.82) is 0 Å². The number of nitrogens with one attached hydrogen (secondary N) is 1. The van der Waals surface area contributed by atoms with Crippen LogP contribution in [0.25, 0.3) is 0 Å². The molecule has 1 unspecified atom stereocenters. The molecule has 140 valence electrons. The summed E-state index contributed by atoms with van der Waals surface area (Å²) >= 11 is 0. The van der Waals surface area contributed by atoms with Gasteiger partial charge in [0.15, 0.2) is 0 Å². The van der Waals surface area contributed by atoms with Gasteiger partial charge < -0.3 is 11.1 Å². The Hall–Kier alpha value is -0.0300. The number of rotatable bonds is 9. The normalized spacial score (nSPS) is 17.5. The first-order valence-corrected chi connectivity index (χ1v) is 8.76. The molecule has 0 aromatic carbocycles. The fourth-order valence-electron chi connectivity index (χ4n) is 3.45. The van der Waals surface area contributed by atoms with Crippen LogP contribution in [0.3, 0.4) is 0 Å². The lowest BCUT2D eigenvalue weighted by Crippen LogP contribution is -2.50. The van der Waals surface area contributed by atoms with E-state index in [4.69, 9.17) is 5.73 Å². The van der Waals surface area contributed by atoms with Crippen LogP contribution in [0.5, 0.6) is 0 Å². The number of likely N-dealkylation sites (tertiary alicyclic amines) is 1. The van der Waals surface area contributed by atoms with Gasteiger partial charge in [0.1, 0.15) is 0 Å². The van der Waals surface area contributed by atoms with Crippen LogP contribution in [0.1, 0.15) is 59.8 Å². The van der Waals surface area contributed by atoms with Crippen LogP contribution < -0.4 is 11.1 Å². The van der Waals surface area contributed by atoms with Gasteiger partial charge in [-0.2, -0.15) is 0 Å². The summed E-state index contributed by atoms with van der Waals surface area (Å²) in [4.78, 5) is 14.7. The number of amides is 1. The van der Waals surface area contributed by atoms with Gasteiger partial charge in [0, 0.05) is 12.6 Å². The van der Waals surface area contributed by atoms with Crippen molar-refractivity contribution in [3.63, 3.8) is 0 Å². The van der Waals surface area contributed by atoms with Crippen LogP contribution in [0.2, 0.25) is 0 Å². The number of hydrogen-bond acceptors (Lipinski definition) is 3. The molecule has 3 N–H and O–H groups in total. The molecule has 0 spiro atoms. The smallest absolute Gasteiger partial charge is 0.236 e. The van der Waals surface area contributed by atoms with E-state index in [9.17, 15) is 4.79 Å². The minimum Gasteiger partial charge on any atom is -0.353 e. The van der Waals surface area contributed by atoms with Crippen LogP contribution >= 0.6 is 24.8 Å². The molecule has 0 aromatic heterocycles. The number of carbonyl (C=O) groups excluding carboxylic acids is 1. The second-order valence-electron chi connectivity index (χ2n) is 6.87. The first-order chi connectivity index (χ1) is 9.99. The number of nitrogens with two attached hydrogens (primary N) is 1. The van der Waals surface area contributed by atoms with Gasteiger partial charge in [0.2, 0.25) is 5.91 Å². The highest BCUT2D eigenvalue weighted by Gasteiger charge is 2.28. The number of carbonyl (C=O) groups is 1. The van der Waals surface area contributed by atoms with Gasteiger partial charge in [0.25, 0.3) is 0 Å². The molecule has 0 radical (unpaired) electrons. The summed E-state index contributed by atoms with van der Waals surface area (Å²) in [7, 11) is 0. The van der Waals surface area contributed by atoms with Gasteiger partial charge in [-0.05, 0) is 44.2 Å². The molecular formula is C17H37Cl2N3O. The molecule has 23 heavy (non-hydrogen) atoms. The van der Waals surface area contributed by atoms with Gasteiger partial charge in [-0.3, -0.25) is 9.69 Å². The minimum absolute atomic E-state index is 0. The first kappa shape index (κ1) is 25.2. The van der Waals surface area contributed by atoms with Crippen LogP contribution in [-0.4, -0.2) is 42.5 Å². The monoisotopic (exact) mass is 369 g/mol. The lowest BCUT2D eigenvalue weighted by molar-refractivity contribution is -0.123. The molecule has 1 amide bonds. The van der Waals surface area contributed by atoms with Crippen molar-refractivity contribution < 1.29 is 4.79 Å². The standard InChI is InChI=1S/C17H35N3O.2ClH/c1-5-14(6-2)16(20-9-7-8-10-20)12-19-17(21)15(18)11-13(3)4;;/h13-16H,5-12,18H2,1-4H3,(H,19,21);2*1H/t15-,16?;;/m0../s1. The molecule has 1 aliphatic rings. The summed E-state index contributed by atoms with van der Waals surface area (Å²) in [6.07, 6.45) is 5.68. The third kappa shape index (κ3) is 8.57. The summed E-state index contributed by atoms with van der Waals surface area (Å²) in [5.74, 6) is 1.13. The van der Waals surface area contributed by atoms with E-state index in [2.05, 4.69) is 37.9 Å². The molecule has 0 bridgehead atoms. The number of halogens is 2. The van der Waals surface area contributed by atoms with E-state index in [1.54, 1.807) is 0 Å². The average Bonchev–Trinajstić information content (AvgIpc) is 2.96. The topological polar surface area (TPSA) is 58.4 Å². The Labute approximate surface area is 155 Å². The summed E-state index contributed by atoms with van der Waals surface area (Å²) < 4.78 is 0. The third-order valence-corrected chi connectivity index (χ3v) is 4.75. The van der Waals surface area contributed by atoms with E-state index in [0.29, 0.717) is 17.9 Å². The maximum atomic E-state index is 12.1. The number of hydrogen-bond donors (Lipinski definition) is 2. The summed E-state index contributed by atoms with van der Waals surface area (Å²) in [6, 6.07) is 0.101. The van der Waals surface area contributed by atoms with Crippen molar-refractivity contribution >= 4 is 30.7 Å². The largest absolute Gasteiger partial charge is 0.353 e. The Bertz CT molecular complexity index is 304. The van der Waals surface area contributed by atoms with Gasteiger partial charge in [-0.15, -0.1) is 24.8 Å². The summed E-state index contributed by atoms with van der Waals surface area (Å²) in [5.41, 5.74) is 5.97. The van der Waals surface area contributed by atoms with Gasteiger partial charge >= 0.3 is 0 Å². The lowest BCUT2D eigenvalue weighted by Gasteiger charge is -2.34. The maximum absolute atomic E-state index is 12.1. The molecular weight excluding hydrogens is 333 g/mol. The summed E-state index contributed by atoms with van der Waals surface area (Å²) in [5, 5.41) is 3.11. The molecule has 0 aromatic rings. The molecule has 1 heterocycles. The van der Waals surface area contributed by atoms with Crippen molar-refractivity contribution in [3.05, 3.63) is 0 Å². The van der Waals surface area contributed by atoms with Crippen molar-refractivity contribution in [3.8, 4) is 0 Å². The molecule has 1 rings (SSSR count). The van der Waals surface area contributed by atoms with E-state index in [0.717, 1.165) is 13.0 Å². The highest BCUT2D eigenvalue weighted by Crippen LogP contribution is 2.22. The first-order valence-electron chi connectivity index (χ1n) is 8.76. The van der Waals surface area contributed by atoms with Crippen LogP contribution in [0.15, 0.2) is 0 Å². The van der Waals surface area contributed by atoms with E-state index in [1.165, 1.54) is 38.8 Å². The Kier molecular flexibility index (Phi) is 14.6. The predicted octanol–water partition coefficient (Wildman–Crippen LogP) is 3.22. The van der Waals surface area contributed by atoms with E-state index >= 15 is 0 Å². The highest BCUT2D eigenvalue weighted by atomic mass is 35.5. The van der Waals surface area contributed by atoms with Crippen molar-refractivity contribution in [1.82, 2.24) is 10.2 Å². The predicted molar refractivity (Wildman–Crippen MR) is 104 cm³/mol. The molecule has 0 aliphatic carbocycles. The summed E-state index contributed by atoms with van der Waals surface area (Å²) in [6.45, 7) is 11.8. The number of nitrogens with zero attached hydrogens (tertiary/aromatic N) is 1. The second kappa shape index (κ2) is 13.3. The Balaban J connectivity index is 0. The molecule has 0 saturated carbocycles.